The average Bonchev–Trinajstić information content (AvgIpc) is 3.99. The lowest BCUT2D eigenvalue weighted by molar-refractivity contribution is 1.54. The van der Waals surface area contributed by atoms with Gasteiger partial charge in [-0.25, -0.2) is 0 Å². The fourth-order valence-electron chi connectivity index (χ4n) is 12.8. The monoisotopic (exact) mass is 934 g/mol. The lowest BCUT2D eigenvalue weighted by atomic mass is 9.76. The van der Waals surface area contributed by atoms with Gasteiger partial charge in [0.1, 0.15) is 0 Å². The van der Waals surface area contributed by atoms with E-state index < -0.39 is 0 Å². The molecule has 0 fully saturated rings. The van der Waals surface area contributed by atoms with E-state index in [1.807, 2.05) is 0 Å². The molecule has 15 rings (SSSR count). The van der Waals surface area contributed by atoms with Crippen LogP contribution in [0.3, 0.4) is 0 Å². The maximum atomic E-state index is 2.40. The van der Waals surface area contributed by atoms with E-state index in [0.717, 1.165) is 0 Å². The van der Waals surface area contributed by atoms with Gasteiger partial charge in [0, 0.05) is 0 Å². The summed E-state index contributed by atoms with van der Waals surface area (Å²) in [5.74, 6) is 0. The largest absolute Gasteiger partial charge is 0.0622 e. The zero-order valence-electron chi connectivity index (χ0n) is 40.6. The number of fused-ring (bicyclic) bond motifs is 7. The van der Waals surface area contributed by atoms with Crippen LogP contribution < -0.4 is 0 Å². The Morgan fingerprint density at radius 1 is 0.162 bits per heavy atom. The third-order valence-corrected chi connectivity index (χ3v) is 15.8. The van der Waals surface area contributed by atoms with Crippen LogP contribution in [0.1, 0.15) is 11.1 Å². The van der Waals surface area contributed by atoms with Gasteiger partial charge in [-0.05, 0) is 155 Å². The maximum absolute atomic E-state index is 2.40. The highest BCUT2D eigenvalue weighted by molar-refractivity contribution is 6.29. The molecule has 13 aromatic rings. The second-order valence-corrected chi connectivity index (χ2v) is 19.7. The first-order chi connectivity index (χ1) is 36.8. The van der Waals surface area contributed by atoms with Crippen molar-refractivity contribution in [1.82, 2.24) is 0 Å². The van der Waals surface area contributed by atoms with Crippen LogP contribution in [0.5, 0.6) is 0 Å². The van der Waals surface area contributed by atoms with Crippen molar-refractivity contribution >= 4 is 44.5 Å². The predicted octanol–water partition coefficient (Wildman–Crippen LogP) is 20.6. The molecule has 0 heteroatoms. The van der Waals surface area contributed by atoms with Crippen molar-refractivity contribution in [3.8, 4) is 111 Å². The van der Waals surface area contributed by atoms with Crippen molar-refractivity contribution in [2.45, 2.75) is 0 Å². The first-order valence-electron chi connectivity index (χ1n) is 25.8. The molecular formula is C74H46. The second-order valence-electron chi connectivity index (χ2n) is 19.7. The normalized spacial score (nSPS) is 12.0. The molecule has 0 radical (unpaired) electrons. The summed E-state index contributed by atoms with van der Waals surface area (Å²) in [6.07, 6.45) is 4.72. The summed E-state index contributed by atoms with van der Waals surface area (Å²) in [4.78, 5) is 0. The Morgan fingerprint density at radius 2 is 0.405 bits per heavy atom. The minimum Gasteiger partial charge on any atom is -0.0622 e. The van der Waals surface area contributed by atoms with E-state index in [9.17, 15) is 0 Å². The molecule has 2 aliphatic carbocycles. The Morgan fingerprint density at radius 3 is 0.730 bits per heavy atom. The number of rotatable bonds is 8. The van der Waals surface area contributed by atoms with Crippen molar-refractivity contribution in [2.24, 2.45) is 0 Å². The lowest BCUT2D eigenvalue weighted by Crippen LogP contribution is -1.99. The van der Waals surface area contributed by atoms with E-state index in [1.165, 1.54) is 155 Å². The zero-order valence-corrected chi connectivity index (χ0v) is 40.6. The van der Waals surface area contributed by atoms with Crippen LogP contribution >= 0.6 is 0 Å². The second kappa shape index (κ2) is 17.0. The summed E-state index contributed by atoms with van der Waals surface area (Å²) in [6, 6.07) is 98.6. The first-order valence-corrected chi connectivity index (χ1v) is 25.8. The van der Waals surface area contributed by atoms with Gasteiger partial charge in [-0.3, -0.25) is 0 Å². The molecular weight excluding hydrogens is 889 g/mol. The van der Waals surface area contributed by atoms with Crippen molar-refractivity contribution in [3.05, 3.63) is 278 Å². The van der Waals surface area contributed by atoms with Crippen LogP contribution in [-0.2, 0) is 0 Å². The average molecular weight is 935 g/mol. The first kappa shape index (κ1) is 42.1. The van der Waals surface area contributed by atoms with E-state index in [4.69, 9.17) is 0 Å². The molecule has 0 aliphatic heterocycles. The van der Waals surface area contributed by atoms with E-state index in [2.05, 4.69) is 279 Å². The lowest BCUT2D eigenvalue weighted by Gasteiger charge is -2.26. The van der Waals surface area contributed by atoms with Crippen molar-refractivity contribution in [1.29, 1.82) is 0 Å². The molecule has 0 amide bonds. The quantitative estimate of drug-likeness (QED) is 0.133. The Bertz CT molecular complexity index is 4190. The topological polar surface area (TPSA) is 0 Å². The Kier molecular flexibility index (Phi) is 9.68. The molecule has 0 nitrogen and oxygen atoms in total. The standard InChI is InChI=1S/C74H46/c1-7-23-49(24-8-1)63-57-35-19-20-36-58(57)64(50-25-9-2-10-26-50)72-61-45-43-47(55-37-21-39-59(69(55)61)71(63)72)41-42-48-44-46-62-70-56(48)38-22-40-60(70)73-67(53-31-15-5-16-32-53)65(51-27-11-3-12-28-51)66(52-29-13-4-14-30-52)68(74(62)73)54-33-17-6-18-34-54/h1-46H/b42-41+. The smallest absolute Gasteiger partial charge is 0.000718 e. The minimum atomic E-state index is 1.20. The van der Waals surface area contributed by atoms with E-state index in [0.29, 0.717) is 0 Å². The summed E-state index contributed by atoms with van der Waals surface area (Å²) >= 11 is 0. The molecule has 0 N–H and O–H groups in total. The fourth-order valence-corrected chi connectivity index (χ4v) is 12.8. The SMILES string of the molecule is C(=C\c1ccc2c3c(cccc13)-c1c-2c(-c2ccccc2)c2ccccc2c1-c1ccccc1)/c1ccc2c3c(cccc13)-c1c(-c3ccccc3)c(-c3ccccc3)c(-c3ccccc3)c(-c3ccccc3)c1-2. The Balaban J connectivity index is 0.958. The highest BCUT2D eigenvalue weighted by Crippen LogP contribution is 2.62. The van der Waals surface area contributed by atoms with E-state index in [-0.39, 0.29) is 0 Å². The van der Waals surface area contributed by atoms with Crippen LogP contribution in [0, 0.1) is 0 Å². The van der Waals surface area contributed by atoms with Gasteiger partial charge in [-0.2, -0.15) is 0 Å². The van der Waals surface area contributed by atoms with Crippen LogP contribution in [0.25, 0.3) is 156 Å². The van der Waals surface area contributed by atoms with E-state index >= 15 is 0 Å². The van der Waals surface area contributed by atoms with E-state index in [1.54, 1.807) is 0 Å². The van der Waals surface area contributed by atoms with Crippen LogP contribution in [0.2, 0.25) is 0 Å². The van der Waals surface area contributed by atoms with Crippen LogP contribution in [0.15, 0.2) is 267 Å². The predicted molar refractivity (Wildman–Crippen MR) is 316 cm³/mol. The van der Waals surface area contributed by atoms with Gasteiger partial charge in [0.25, 0.3) is 0 Å². The molecule has 13 aromatic carbocycles. The fraction of sp³-hybridized carbons (Fsp3) is 0. The van der Waals surface area contributed by atoms with Gasteiger partial charge in [-0.1, -0.05) is 279 Å². The van der Waals surface area contributed by atoms with Crippen LogP contribution in [-0.4, -0.2) is 0 Å². The van der Waals surface area contributed by atoms with Gasteiger partial charge in [0.05, 0.1) is 0 Å². The van der Waals surface area contributed by atoms with Crippen molar-refractivity contribution < 1.29 is 0 Å². The van der Waals surface area contributed by atoms with Crippen LogP contribution in [0.4, 0.5) is 0 Å². The molecule has 0 aromatic heterocycles. The minimum absolute atomic E-state index is 1.20. The third-order valence-electron chi connectivity index (χ3n) is 15.8. The molecule has 0 heterocycles. The summed E-state index contributed by atoms with van der Waals surface area (Å²) in [5, 5.41) is 7.67. The van der Waals surface area contributed by atoms with Gasteiger partial charge in [0.2, 0.25) is 0 Å². The third kappa shape index (κ3) is 6.35. The van der Waals surface area contributed by atoms with Gasteiger partial charge in [-0.15, -0.1) is 0 Å². The molecule has 0 atom stereocenters. The summed E-state index contributed by atoms with van der Waals surface area (Å²) in [5.41, 5.74) is 27.6. The summed E-state index contributed by atoms with van der Waals surface area (Å²) < 4.78 is 0. The van der Waals surface area contributed by atoms with Gasteiger partial charge in [0.15, 0.2) is 0 Å². The molecule has 0 unspecified atom stereocenters. The Hall–Kier alpha value is -9.62. The molecule has 342 valence electrons. The maximum Gasteiger partial charge on any atom is -0.000718 e. The zero-order chi connectivity index (χ0) is 48.7. The van der Waals surface area contributed by atoms with Crippen molar-refractivity contribution in [2.75, 3.05) is 0 Å². The Labute approximate surface area is 431 Å². The highest BCUT2D eigenvalue weighted by Gasteiger charge is 2.35. The molecule has 0 saturated heterocycles. The van der Waals surface area contributed by atoms with Gasteiger partial charge < -0.3 is 0 Å². The number of hydrogen-bond acceptors (Lipinski definition) is 0. The summed E-state index contributed by atoms with van der Waals surface area (Å²) in [6.45, 7) is 0. The summed E-state index contributed by atoms with van der Waals surface area (Å²) in [7, 11) is 0. The van der Waals surface area contributed by atoms with Gasteiger partial charge >= 0.3 is 0 Å². The number of benzene rings is 13. The molecule has 0 spiro atoms. The molecule has 2 aliphatic rings. The molecule has 74 heavy (non-hydrogen) atoms. The van der Waals surface area contributed by atoms with Crippen molar-refractivity contribution in [3.63, 3.8) is 0 Å². The molecule has 0 saturated carbocycles. The number of hydrogen-bond donors (Lipinski definition) is 0. The molecule has 0 bridgehead atoms. The highest BCUT2D eigenvalue weighted by atomic mass is 14.4.